The molecule has 0 bridgehead atoms. The molecule has 0 aliphatic rings. The summed E-state index contributed by atoms with van der Waals surface area (Å²) in [6.07, 6.45) is 0. The van der Waals surface area contributed by atoms with Crippen LogP contribution in [0, 0.1) is 0 Å². The van der Waals surface area contributed by atoms with Crippen LogP contribution in [0.2, 0.25) is 0 Å². The predicted octanol–water partition coefficient (Wildman–Crippen LogP) is 0.164. The van der Waals surface area contributed by atoms with E-state index in [-0.39, 0.29) is 11.6 Å². The van der Waals surface area contributed by atoms with E-state index >= 15 is 0 Å². The Hall–Kier alpha value is -0.660. The lowest BCUT2D eigenvalue weighted by Gasteiger charge is -1.73. The van der Waals surface area contributed by atoms with E-state index < -0.39 is 0 Å². The first-order valence-electron chi connectivity index (χ1n) is 1.66. The van der Waals surface area contributed by atoms with Gasteiger partial charge < -0.3 is 0 Å². The summed E-state index contributed by atoms with van der Waals surface area (Å²) in [5.74, 6) is -0.759. The van der Waals surface area contributed by atoms with E-state index in [1.807, 2.05) is 0 Å². The van der Waals surface area contributed by atoms with Gasteiger partial charge in [-0.05, 0) is 0 Å². The fourth-order valence-corrected chi connectivity index (χ4v) is 0. The molecule has 2 nitrogen and oxygen atoms in total. The third-order valence-corrected chi connectivity index (χ3v) is 0.496. The quantitative estimate of drug-likeness (QED) is 0.338. The number of carbonyl (C=O) groups excluding carboxylic acids is 2. The highest BCUT2D eigenvalue weighted by atomic mass is 16.2. The van der Waals surface area contributed by atoms with Crippen LogP contribution in [0.5, 0.6) is 0 Å². The van der Waals surface area contributed by atoms with Gasteiger partial charge in [0.05, 0.1) is 0 Å². The molecule has 0 saturated carbocycles. The standard InChI is InChI=1S/C4H6O2/c1-3(5)4(2)6/h1-2H3/i1+1,2+1. The van der Waals surface area contributed by atoms with Crippen molar-refractivity contribution in [3.63, 3.8) is 0 Å². The van der Waals surface area contributed by atoms with Gasteiger partial charge in [0.25, 0.3) is 0 Å². The monoisotopic (exact) mass is 88.0 g/mol. The number of hydrogen-bond acceptors (Lipinski definition) is 2. The maximum atomic E-state index is 9.79. The number of rotatable bonds is 1. The van der Waals surface area contributed by atoms with Crippen LogP contribution >= 0.6 is 0 Å². The molecule has 0 aliphatic carbocycles. The van der Waals surface area contributed by atoms with E-state index in [2.05, 4.69) is 0 Å². The summed E-state index contributed by atoms with van der Waals surface area (Å²) >= 11 is 0. The van der Waals surface area contributed by atoms with E-state index in [0.29, 0.717) is 0 Å². The summed E-state index contributed by atoms with van der Waals surface area (Å²) < 4.78 is 0. The zero-order valence-electron chi connectivity index (χ0n) is 3.82. The Morgan fingerprint density at radius 1 is 1.00 bits per heavy atom. The normalized spacial score (nSPS) is 7.67. The Labute approximate surface area is 36.2 Å². The Balaban J connectivity index is 3.57. The molecular weight excluding hydrogens is 82.0 g/mol. The molecule has 0 heterocycles. The molecule has 0 aliphatic heterocycles. The number of carbonyl (C=O) groups is 2. The molecule has 0 spiro atoms. The highest BCUT2D eigenvalue weighted by Crippen LogP contribution is 1.66. The van der Waals surface area contributed by atoms with Crippen LogP contribution in [0.3, 0.4) is 0 Å². The summed E-state index contributed by atoms with van der Waals surface area (Å²) in [5, 5.41) is 0. The maximum Gasteiger partial charge on any atom is 0.195 e. The predicted molar refractivity (Wildman–Crippen MR) is 21.4 cm³/mol. The van der Waals surface area contributed by atoms with Gasteiger partial charge in [-0.2, -0.15) is 0 Å². The molecule has 0 aromatic heterocycles. The van der Waals surface area contributed by atoms with Gasteiger partial charge in [-0.15, -0.1) is 0 Å². The SMILES string of the molecule is [13CH3]C(=O)C([13CH3])=O. The van der Waals surface area contributed by atoms with Gasteiger partial charge in [0.1, 0.15) is 0 Å². The van der Waals surface area contributed by atoms with Crippen molar-refractivity contribution in [3.05, 3.63) is 0 Å². The molecule has 0 aromatic rings. The van der Waals surface area contributed by atoms with Crippen molar-refractivity contribution < 1.29 is 9.59 Å². The molecule has 0 amide bonds. The maximum absolute atomic E-state index is 9.79. The highest BCUT2D eigenvalue weighted by Gasteiger charge is 1.94. The van der Waals surface area contributed by atoms with Gasteiger partial charge in [0.15, 0.2) is 11.6 Å². The molecule has 0 atom stereocenters. The van der Waals surface area contributed by atoms with Gasteiger partial charge in [-0.3, -0.25) is 9.59 Å². The van der Waals surface area contributed by atoms with Crippen LogP contribution in [-0.4, -0.2) is 11.6 Å². The topological polar surface area (TPSA) is 34.1 Å². The molecule has 2 heteroatoms. The van der Waals surface area contributed by atoms with Crippen molar-refractivity contribution in [2.75, 3.05) is 0 Å². The summed E-state index contributed by atoms with van der Waals surface area (Å²) in [7, 11) is 0. The molecule has 6 heavy (non-hydrogen) atoms. The van der Waals surface area contributed by atoms with Crippen molar-refractivity contribution in [2.45, 2.75) is 13.8 Å². The lowest BCUT2D eigenvalue weighted by molar-refractivity contribution is -0.134. The minimum absolute atomic E-state index is 0.380. The van der Waals surface area contributed by atoms with Crippen molar-refractivity contribution in [3.8, 4) is 0 Å². The van der Waals surface area contributed by atoms with Crippen molar-refractivity contribution in [2.24, 2.45) is 0 Å². The van der Waals surface area contributed by atoms with Gasteiger partial charge in [-0.1, -0.05) is 0 Å². The first-order chi connectivity index (χ1) is 2.64. The van der Waals surface area contributed by atoms with Crippen molar-refractivity contribution in [1.29, 1.82) is 0 Å². The zero-order chi connectivity index (χ0) is 5.15. The first kappa shape index (κ1) is 5.34. The van der Waals surface area contributed by atoms with E-state index in [1.54, 1.807) is 0 Å². The van der Waals surface area contributed by atoms with E-state index in [1.165, 1.54) is 13.8 Å². The average Bonchev–Trinajstić information content (AvgIpc) is 1.36. The van der Waals surface area contributed by atoms with E-state index in [0.717, 1.165) is 0 Å². The summed E-state index contributed by atoms with van der Waals surface area (Å²) in [6, 6.07) is 0. The summed E-state index contributed by atoms with van der Waals surface area (Å²) in [6.45, 7) is 2.50. The fourth-order valence-electron chi connectivity index (χ4n) is 0. The van der Waals surface area contributed by atoms with Crippen LogP contribution in [0.4, 0.5) is 0 Å². The smallest absolute Gasteiger partial charge is 0.195 e. The lowest BCUT2D eigenvalue weighted by Crippen LogP contribution is -2.01. The van der Waals surface area contributed by atoms with E-state index in [9.17, 15) is 9.59 Å². The van der Waals surface area contributed by atoms with Crippen LogP contribution < -0.4 is 0 Å². The van der Waals surface area contributed by atoms with Crippen LogP contribution in [0.25, 0.3) is 0 Å². The minimum Gasteiger partial charge on any atom is -0.291 e. The fraction of sp³-hybridized carbons (Fsp3) is 0.500. The largest absolute Gasteiger partial charge is 0.291 e. The molecule has 0 rings (SSSR count). The van der Waals surface area contributed by atoms with Gasteiger partial charge in [0, 0.05) is 13.8 Å². The lowest BCUT2D eigenvalue weighted by atomic mass is 10.5. The first-order valence-corrected chi connectivity index (χ1v) is 1.66. The molecule has 0 radical (unpaired) electrons. The minimum atomic E-state index is -0.380. The summed E-state index contributed by atoms with van der Waals surface area (Å²) in [4.78, 5) is 19.6. The van der Waals surface area contributed by atoms with Gasteiger partial charge >= 0.3 is 0 Å². The Morgan fingerprint density at radius 3 is 1.17 bits per heavy atom. The van der Waals surface area contributed by atoms with Gasteiger partial charge in [0.2, 0.25) is 0 Å². The van der Waals surface area contributed by atoms with Crippen LogP contribution in [0.15, 0.2) is 0 Å². The molecule has 0 aromatic carbocycles. The second kappa shape index (κ2) is 1.70. The number of Topliss-reactive ketones (excluding diaryl/α,β-unsaturated/α-hetero) is 2. The molecule has 0 N–H and O–H groups in total. The molecular formula is C4H6O2. The highest BCUT2D eigenvalue weighted by molar-refractivity contribution is 6.35. The Bertz CT molecular complexity index is 71.5. The number of hydrogen-bond donors (Lipinski definition) is 0. The molecule has 0 saturated heterocycles. The van der Waals surface area contributed by atoms with Crippen LogP contribution in [0.1, 0.15) is 13.8 Å². The average molecular weight is 88.1 g/mol. The molecule has 34 valence electrons. The second-order valence-corrected chi connectivity index (χ2v) is 1.11. The van der Waals surface area contributed by atoms with Crippen molar-refractivity contribution in [1.82, 2.24) is 0 Å². The van der Waals surface area contributed by atoms with Gasteiger partial charge in [-0.25, -0.2) is 0 Å². The molecule has 0 fully saturated rings. The zero-order valence-corrected chi connectivity index (χ0v) is 3.82. The Morgan fingerprint density at radius 2 is 1.17 bits per heavy atom. The number of ketones is 2. The van der Waals surface area contributed by atoms with E-state index in [4.69, 9.17) is 0 Å². The molecule has 0 unspecified atom stereocenters. The third-order valence-electron chi connectivity index (χ3n) is 0.496. The second-order valence-electron chi connectivity index (χ2n) is 1.11. The third kappa shape index (κ3) is 1.64. The Kier molecular flexibility index (Phi) is 1.51. The van der Waals surface area contributed by atoms with Crippen LogP contribution in [-0.2, 0) is 9.59 Å². The van der Waals surface area contributed by atoms with Crippen molar-refractivity contribution >= 4 is 11.6 Å². The summed E-state index contributed by atoms with van der Waals surface area (Å²) in [5.41, 5.74) is 0.